The van der Waals surface area contributed by atoms with E-state index in [1.807, 2.05) is 0 Å². The van der Waals surface area contributed by atoms with Gasteiger partial charge in [0.15, 0.2) is 0 Å². The van der Waals surface area contributed by atoms with Crippen LogP contribution in [0, 0.1) is 11.8 Å². The molecule has 4 nitrogen and oxygen atoms in total. The summed E-state index contributed by atoms with van der Waals surface area (Å²) in [4.78, 5) is 7.36. The van der Waals surface area contributed by atoms with Crippen molar-refractivity contribution in [2.24, 2.45) is 11.8 Å². The molecule has 2 aliphatic heterocycles. The first-order valence-electron chi connectivity index (χ1n) is 9.75. The van der Waals surface area contributed by atoms with Gasteiger partial charge in [-0.2, -0.15) is 0 Å². The van der Waals surface area contributed by atoms with Crippen LogP contribution in [-0.4, -0.2) is 34.7 Å². The van der Waals surface area contributed by atoms with Gasteiger partial charge < -0.3 is 9.30 Å². The Balaban J connectivity index is 1.30. The molecule has 2 aromatic carbocycles. The maximum atomic E-state index is 5.27. The van der Waals surface area contributed by atoms with Crippen LogP contribution in [-0.2, 0) is 19.5 Å². The quantitative estimate of drug-likeness (QED) is 0.709. The highest BCUT2D eigenvalue weighted by Crippen LogP contribution is 2.35. The van der Waals surface area contributed by atoms with Gasteiger partial charge in [-0.25, -0.2) is 4.98 Å². The number of fused-ring (bicyclic) bond motifs is 2. The molecule has 1 fully saturated rings. The molecular formula is C23H25N3O. The van der Waals surface area contributed by atoms with E-state index in [1.165, 1.54) is 35.7 Å². The number of nitrogens with zero attached hydrogens (tertiary/aromatic N) is 3. The van der Waals surface area contributed by atoms with Crippen LogP contribution in [0.25, 0.3) is 11.3 Å². The van der Waals surface area contributed by atoms with E-state index in [1.54, 1.807) is 7.11 Å². The molecule has 0 aliphatic carbocycles. The van der Waals surface area contributed by atoms with Crippen molar-refractivity contribution < 1.29 is 4.74 Å². The summed E-state index contributed by atoms with van der Waals surface area (Å²) in [5, 5.41) is 0. The normalized spacial score (nSPS) is 21.7. The number of benzene rings is 2. The minimum absolute atomic E-state index is 0.715. The van der Waals surface area contributed by atoms with E-state index in [-0.39, 0.29) is 0 Å². The van der Waals surface area contributed by atoms with E-state index in [0.29, 0.717) is 5.92 Å². The van der Waals surface area contributed by atoms with E-state index < -0.39 is 0 Å². The Labute approximate surface area is 160 Å². The Morgan fingerprint density at radius 2 is 1.74 bits per heavy atom. The average Bonchev–Trinajstić information content (AvgIpc) is 3.30. The van der Waals surface area contributed by atoms with Crippen LogP contribution >= 0.6 is 0 Å². The third-order valence-electron chi connectivity index (χ3n) is 6.09. The molecule has 1 saturated heterocycles. The van der Waals surface area contributed by atoms with Gasteiger partial charge in [0.25, 0.3) is 0 Å². The van der Waals surface area contributed by atoms with Crippen LogP contribution in [0.4, 0.5) is 0 Å². The molecule has 3 aromatic rings. The lowest BCUT2D eigenvalue weighted by atomic mass is 9.89. The van der Waals surface area contributed by atoms with Crippen molar-refractivity contribution in [1.29, 1.82) is 0 Å². The smallest absolute Gasteiger partial charge is 0.118 e. The van der Waals surface area contributed by atoms with Gasteiger partial charge in [0.1, 0.15) is 11.6 Å². The molecular weight excluding hydrogens is 334 g/mol. The second-order valence-electron chi connectivity index (χ2n) is 7.80. The molecule has 0 N–H and O–H groups in total. The molecule has 0 saturated carbocycles. The van der Waals surface area contributed by atoms with E-state index in [2.05, 4.69) is 70.3 Å². The first kappa shape index (κ1) is 16.6. The van der Waals surface area contributed by atoms with Crippen molar-refractivity contribution in [3.8, 4) is 17.0 Å². The Hall–Kier alpha value is -2.59. The maximum Gasteiger partial charge on any atom is 0.118 e. The molecule has 2 unspecified atom stereocenters. The number of imidazole rings is 1. The molecule has 138 valence electrons. The van der Waals surface area contributed by atoms with Crippen LogP contribution in [0.5, 0.6) is 5.75 Å². The zero-order valence-corrected chi connectivity index (χ0v) is 15.7. The van der Waals surface area contributed by atoms with E-state index >= 15 is 0 Å². The summed E-state index contributed by atoms with van der Waals surface area (Å²) >= 11 is 0. The van der Waals surface area contributed by atoms with E-state index in [9.17, 15) is 0 Å². The number of aromatic nitrogens is 2. The van der Waals surface area contributed by atoms with Crippen LogP contribution < -0.4 is 4.74 Å². The molecule has 2 aliphatic rings. The molecule has 0 amide bonds. The van der Waals surface area contributed by atoms with Gasteiger partial charge in [-0.15, -0.1) is 0 Å². The largest absolute Gasteiger partial charge is 0.497 e. The van der Waals surface area contributed by atoms with Crippen LogP contribution in [0.3, 0.4) is 0 Å². The maximum absolute atomic E-state index is 5.27. The first-order valence-corrected chi connectivity index (χ1v) is 9.75. The molecule has 4 heteroatoms. The summed E-state index contributed by atoms with van der Waals surface area (Å²) in [6, 6.07) is 19.1. The van der Waals surface area contributed by atoms with Gasteiger partial charge >= 0.3 is 0 Å². The molecule has 2 atom stereocenters. The second-order valence-corrected chi connectivity index (χ2v) is 7.80. The molecule has 0 bridgehead atoms. The highest BCUT2D eigenvalue weighted by atomic mass is 16.5. The van der Waals surface area contributed by atoms with Crippen molar-refractivity contribution in [3.05, 3.63) is 72.2 Å². The summed E-state index contributed by atoms with van der Waals surface area (Å²) < 4.78 is 7.72. The fourth-order valence-electron chi connectivity index (χ4n) is 4.68. The fraction of sp³-hybridized carbons (Fsp3) is 0.348. The Kier molecular flexibility index (Phi) is 4.21. The summed E-state index contributed by atoms with van der Waals surface area (Å²) in [7, 11) is 1.72. The van der Waals surface area contributed by atoms with Crippen molar-refractivity contribution >= 4 is 0 Å². The van der Waals surface area contributed by atoms with Gasteiger partial charge in [-0.1, -0.05) is 42.5 Å². The lowest BCUT2D eigenvalue weighted by molar-refractivity contribution is 0.307. The minimum Gasteiger partial charge on any atom is -0.497 e. The Morgan fingerprint density at radius 3 is 2.52 bits per heavy atom. The lowest BCUT2D eigenvalue weighted by Gasteiger charge is -2.27. The molecule has 0 radical (unpaired) electrons. The molecule has 0 spiro atoms. The third kappa shape index (κ3) is 3.15. The van der Waals surface area contributed by atoms with Crippen LogP contribution in [0.1, 0.15) is 11.4 Å². The number of ether oxygens (including phenoxy) is 1. The lowest BCUT2D eigenvalue weighted by Crippen LogP contribution is -2.28. The van der Waals surface area contributed by atoms with E-state index in [0.717, 1.165) is 31.2 Å². The highest BCUT2D eigenvalue weighted by molar-refractivity contribution is 5.59. The van der Waals surface area contributed by atoms with Crippen LogP contribution in [0.15, 0.2) is 60.8 Å². The summed E-state index contributed by atoms with van der Waals surface area (Å²) in [6.07, 6.45) is 3.15. The number of hydrogen-bond acceptors (Lipinski definition) is 3. The zero-order chi connectivity index (χ0) is 18.2. The zero-order valence-electron chi connectivity index (χ0n) is 15.7. The second kappa shape index (κ2) is 6.86. The molecule has 5 rings (SSSR count). The van der Waals surface area contributed by atoms with Gasteiger partial charge in [0, 0.05) is 32.6 Å². The summed E-state index contributed by atoms with van der Waals surface area (Å²) in [5.41, 5.74) is 3.89. The summed E-state index contributed by atoms with van der Waals surface area (Å²) in [5.74, 6) is 3.61. The Morgan fingerprint density at radius 1 is 0.963 bits per heavy atom. The van der Waals surface area contributed by atoms with Gasteiger partial charge in [-0.3, -0.25) is 4.90 Å². The first-order chi connectivity index (χ1) is 13.3. The van der Waals surface area contributed by atoms with Crippen LogP contribution in [0.2, 0.25) is 0 Å². The third-order valence-corrected chi connectivity index (χ3v) is 6.09. The topological polar surface area (TPSA) is 30.3 Å². The van der Waals surface area contributed by atoms with Crippen molar-refractivity contribution in [1.82, 2.24) is 14.5 Å². The molecule has 3 heterocycles. The molecule has 27 heavy (non-hydrogen) atoms. The number of methoxy groups -OCH3 is 1. The SMILES string of the molecule is COc1ccc(CN2CC3Cc4ncc(-c5ccccc5)n4CC3C2)cc1. The predicted molar refractivity (Wildman–Crippen MR) is 107 cm³/mol. The van der Waals surface area contributed by atoms with E-state index in [4.69, 9.17) is 9.72 Å². The van der Waals surface area contributed by atoms with Crippen molar-refractivity contribution in [2.75, 3.05) is 20.2 Å². The average molecular weight is 359 g/mol. The number of rotatable bonds is 4. The van der Waals surface area contributed by atoms with Gasteiger partial charge in [-0.05, 0) is 35.1 Å². The Bertz CT molecular complexity index is 917. The predicted octanol–water partition coefficient (Wildman–Crippen LogP) is 3.86. The van der Waals surface area contributed by atoms with Gasteiger partial charge in [0.05, 0.1) is 19.0 Å². The fourth-order valence-corrected chi connectivity index (χ4v) is 4.68. The van der Waals surface area contributed by atoms with Crippen molar-refractivity contribution in [3.63, 3.8) is 0 Å². The van der Waals surface area contributed by atoms with Gasteiger partial charge in [0.2, 0.25) is 0 Å². The number of likely N-dealkylation sites (tertiary alicyclic amines) is 1. The van der Waals surface area contributed by atoms with Crippen molar-refractivity contribution in [2.45, 2.75) is 19.5 Å². The standard InChI is InChI=1S/C23H25N3O/c1-27-21-9-7-17(8-10-21)13-25-14-19-11-23-24-12-22(18-5-3-2-4-6-18)26(23)16-20(19)15-25/h2-10,12,19-20H,11,13-16H2,1H3. The minimum atomic E-state index is 0.715. The molecule has 1 aromatic heterocycles. The highest BCUT2D eigenvalue weighted by Gasteiger charge is 2.37. The summed E-state index contributed by atoms with van der Waals surface area (Å²) in [6.45, 7) is 4.45. The monoisotopic (exact) mass is 359 g/mol. The number of hydrogen-bond donors (Lipinski definition) is 0.